The van der Waals surface area contributed by atoms with Gasteiger partial charge in [-0.25, -0.2) is 0 Å². The number of carbonyl (C=O) groups is 2. The van der Waals surface area contributed by atoms with Gasteiger partial charge in [-0.1, -0.05) is 0 Å². The first-order chi connectivity index (χ1) is 10.7. The van der Waals surface area contributed by atoms with Crippen molar-refractivity contribution in [2.75, 3.05) is 33.9 Å². The van der Waals surface area contributed by atoms with Crippen molar-refractivity contribution in [1.82, 2.24) is 10.2 Å². The van der Waals surface area contributed by atoms with Gasteiger partial charge >= 0.3 is 0 Å². The third kappa shape index (κ3) is 3.90. The maximum Gasteiger partial charge on any atom is 0.251 e. The molecule has 1 N–H and O–H groups in total. The lowest BCUT2D eigenvalue weighted by atomic mass is 10.2. The molecule has 0 aromatic heterocycles. The van der Waals surface area contributed by atoms with Gasteiger partial charge in [0.1, 0.15) is 0 Å². The molecule has 1 aromatic carbocycles. The van der Waals surface area contributed by atoms with Crippen LogP contribution in [0.1, 0.15) is 29.6 Å². The van der Waals surface area contributed by atoms with Gasteiger partial charge in [0.15, 0.2) is 11.5 Å². The van der Waals surface area contributed by atoms with Gasteiger partial charge in [0, 0.05) is 31.6 Å². The van der Waals surface area contributed by atoms with Crippen LogP contribution in [0.15, 0.2) is 18.2 Å². The van der Waals surface area contributed by atoms with E-state index in [1.165, 1.54) is 7.11 Å². The zero-order valence-corrected chi connectivity index (χ0v) is 13.1. The fourth-order valence-electron chi connectivity index (χ4n) is 2.49. The SMILES string of the molecule is COc1ccc(C(=O)NCCC(=O)N2CCCC2)cc1OC. The van der Waals surface area contributed by atoms with Crippen molar-refractivity contribution >= 4 is 11.8 Å². The van der Waals surface area contributed by atoms with Crippen molar-refractivity contribution in [3.05, 3.63) is 23.8 Å². The summed E-state index contributed by atoms with van der Waals surface area (Å²) in [6.45, 7) is 2.01. The van der Waals surface area contributed by atoms with Crippen LogP contribution in [-0.4, -0.2) is 50.6 Å². The minimum Gasteiger partial charge on any atom is -0.493 e. The van der Waals surface area contributed by atoms with Crippen LogP contribution in [-0.2, 0) is 4.79 Å². The number of hydrogen-bond donors (Lipinski definition) is 1. The van der Waals surface area contributed by atoms with Crippen molar-refractivity contribution in [2.45, 2.75) is 19.3 Å². The highest BCUT2D eigenvalue weighted by atomic mass is 16.5. The molecule has 1 aromatic rings. The molecule has 2 rings (SSSR count). The van der Waals surface area contributed by atoms with Crippen LogP contribution in [0.3, 0.4) is 0 Å². The van der Waals surface area contributed by atoms with Crippen LogP contribution in [0.4, 0.5) is 0 Å². The molecule has 1 saturated heterocycles. The molecular formula is C16H22N2O4. The second-order valence-corrected chi connectivity index (χ2v) is 5.16. The van der Waals surface area contributed by atoms with Gasteiger partial charge in [-0.15, -0.1) is 0 Å². The second-order valence-electron chi connectivity index (χ2n) is 5.16. The third-order valence-corrected chi connectivity index (χ3v) is 3.73. The molecule has 1 aliphatic heterocycles. The van der Waals surface area contributed by atoms with Crippen molar-refractivity contribution in [3.63, 3.8) is 0 Å². The quantitative estimate of drug-likeness (QED) is 0.863. The molecular weight excluding hydrogens is 284 g/mol. The van der Waals surface area contributed by atoms with Crippen LogP contribution in [0, 0.1) is 0 Å². The standard InChI is InChI=1S/C16H22N2O4/c1-21-13-6-5-12(11-14(13)22-2)16(20)17-8-7-15(19)18-9-3-4-10-18/h5-6,11H,3-4,7-10H2,1-2H3,(H,17,20). The smallest absolute Gasteiger partial charge is 0.251 e. The van der Waals surface area contributed by atoms with Crippen molar-refractivity contribution in [3.8, 4) is 11.5 Å². The lowest BCUT2D eigenvalue weighted by molar-refractivity contribution is -0.129. The summed E-state index contributed by atoms with van der Waals surface area (Å²) < 4.78 is 10.3. The fourth-order valence-corrected chi connectivity index (χ4v) is 2.49. The Bertz CT molecular complexity index is 539. The maximum absolute atomic E-state index is 12.1. The molecule has 0 aliphatic carbocycles. The van der Waals surface area contributed by atoms with Crippen LogP contribution < -0.4 is 14.8 Å². The average molecular weight is 306 g/mol. The minimum atomic E-state index is -0.227. The van der Waals surface area contributed by atoms with Gasteiger partial charge in [-0.3, -0.25) is 9.59 Å². The molecule has 0 saturated carbocycles. The monoisotopic (exact) mass is 306 g/mol. The topological polar surface area (TPSA) is 67.9 Å². The Kier molecular flexibility index (Phi) is 5.63. The molecule has 0 radical (unpaired) electrons. The first-order valence-electron chi connectivity index (χ1n) is 7.43. The number of nitrogens with one attached hydrogen (secondary N) is 1. The first kappa shape index (κ1) is 16.1. The Morgan fingerprint density at radius 3 is 2.45 bits per heavy atom. The average Bonchev–Trinajstić information content (AvgIpc) is 3.08. The zero-order chi connectivity index (χ0) is 15.9. The molecule has 1 heterocycles. The molecule has 0 bridgehead atoms. The Balaban J connectivity index is 1.85. The number of likely N-dealkylation sites (tertiary alicyclic amines) is 1. The fraction of sp³-hybridized carbons (Fsp3) is 0.500. The predicted octanol–water partition coefficient (Wildman–Crippen LogP) is 1.45. The normalized spacial score (nSPS) is 13.8. The third-order valence-electron chi connectivity index (χ3n) is 3.73. The van der Waals surface area contributed by atoms with Crippen LogP contribution in [0.5, 0.6) is 11.5 Å². The van der Waals surface area contributed by atoms with E-state index in [-0.39, 0.29) is 11.8 Å². The molecule has 1 aliphatic rings. The number of nitrogens with zero attached hydrogens (tertiary/aromatic N) is 1. The van der Waals surface area contributed by atoms with Crippen molar-refractivity contribution in [1.29, 1.82) is 0 Å². The van der Waals surface area contributed by atoms with Crippen molar-refractivity contribution < 1.29 is 19.1 Å². The highest BCUT2D eigenvalue weighted by molar-refractivity contribution is 5.95. The van der Waals surface area contributed by atoms with Crippen LogP contribution in [0.25, 0.3) is 0 Å². The van der Waals surface area contributed by atoms with Gasteiger partial charge in [0.2, 0.25) is 5.91 Å². The van der Waals surface area contributed by atoms with Crippen LogP contribution in [0.2, 0.25) is 0 Å². The molecule has 22 heavy (non-hydrogen) atoms. The largest absolute Gasteiger partial charge is 0.493 e. The Morgan fingerprint density at radius 2 is 1.82 bits per heavy atom. The number of amides is 2. The Labute approximate surface area is 130 Å². The van der Waals surface area contributed by atoms with Crippen molar-refractivity contribution in [2.24, 2.45) is 0 Å². The molecule has 6 nitrogen and oxygen atoms in total. The Hall–Kier alpha value is -2.24. The van der Waals surface area contributed by atoms with E-state index in [0.717, 1.165) is 25.9 Å². The Morgan fingerprint density at radius 1 is 1.14 bits per heavy atom. The van der Waals surface area contributed by atoms with E-state index < -0.39 is 0 Å². The van der Waals surface area contributed by atoms with Gasteiger partial charge < -0.3 is 19.7 Å². The summed E-state index contributed by atoms with van der Waals surface area (Å²) in [4.78, 5) is 25.8. The molecule has 0 spiro atoms. The van der Waals surface area contributed by atoms with Gasteiger partial charge in [-0.05, 0) is 31.0 Å². The summed E-state index contributed by atoms with van der Waals surface area (Å²) >= 11 is 0. The molecule has 120 valence electrons. The van der Waals surface area contributed by atoms with E-state index in [1.54, 1.807) is 25.3 Å². The molecule has 1 fully saturated rings. The second kappa shape index (κ2) is 7.68. The van der Waals surface area contributed by atoms with Gasteiger partial charge in [0.25, 0.3) is 5.91 Å². The predicted molar refractivity (Wildman–Crippen MR) is 82.3 cm³/mol. The first-order valence-corrected chi connectivity index (χ1v) is 7.43. The van der Waals surface area contributed by atoms with Gasteiger partial charge in [0.05, 0.1) is 14.2 Å². The lowest BCUT2D eigenvalue weighted by Crippen LogP contribution is -2.32. The van der Waals surface area contributed by atoms with E-state index in [2.05, 4.69) is 5.32 Å². The molecule has 0 unspecified atom stereocenters. The molecule has 0 atom stereocenters. The summed E-state index contributed by atoms with van der Waals surface area (Å²) in [6.07, 6.45) is 2.48. The molecule has 2 amide bonds. The summed E-state index contributed by atoms with van der Waals surface area (Å²) in [7, 11) is 3.07. The van der Waals surface area contributed by atoms with E-state index in [1.807, 2.05) is 4.90 Å². The lowest BCUT2D eigenvalue weighted by Gasteiger charge is -2.15. The maximum atomic E-state index is 12.1. The number of hydrogen-bond acceptors (Lipinski definition) is 4. The van der Waals surface area contributed by atoms with Gasteiger partial charge in [-0.2, -0.15) is 0 Å². The van der Waals surface area contributed by atoms with E-state index in [0.29, 0.717) is 30.0 Å². The summed E-state index contributed by atoms with van der Waals surface area (Å²) in [5, 5.41) is 2.76. The number of benzene rings is 1. The number of carbonyl (C=O) groups excluding carboxylic acids is 2. The number of methoxy groups -OCH3 is 2. The van der Waals surface area contributed by atoms with E-state index >= 15 is 0 Å². The zero-order valence-electron chi connectivity index (χ0n) is 13.1. The van der Waals surface area contributed by atoms with E-state index in [4.69, 9.17) is 9.47 Å². The number of rotatable bonds is 6. The summed E-state index contributed by atoms with van der Waals surface area (Å²) in [6, 6.07) is 4.97. The van der Waals surface area contributed by atoms with Crippen LogP contribution >= 0.6 is 0 Å². The van der Waals surface area contributed by atoms with E-state index in [9.17, 15) is 9.59 Å². The summed E-state index contributed by atoms with van der Waals surface area (Å²) in [5.41, 5.74) is 0.478. The summed E-state index contributed by atoms with van der Waals surface area (Å²) in [5.74, 6) is 0.951. The number of ether oxygens (including phenoxy) is 2. The minimum absolute atomic E-state index is 0.102. The molecule has 6 heteroatoms. The highest BCUT2D eigenvalue weighted by Crippen LogP contribution is 2.27. The highest BCUT2D eigenvalue weighted by Gasteiger charge is 2.17.